The van der Waals surface area contributed by atoms with Crippen molar-refractivity contribution < 1.29 is 13.9 Å². The Morgan fingerprint density at radius 3 is 2.57 bits per heavy atom. The fourth-order valence-corrected chi connectivity index (χ4v) is 2.41. The van der Waals surface area contributed by atoms with Crippen LogP contribution in [0.4, 0.5) is 0 Å². The van der Waals surface area contributed by atoms with E-state index in [-0.39, 0.29) is 12.2 Å². The first-order chi connectivity index (χ1) is 11.2. The smallest absolute Gasteiger partial charge is 0.339 e. The molecule has 0 fully saturated rings. The van der Waals surface area contributed by atoms with Gasteiger partial charge in [-0.3, -0.25) is 4.79 Å². The summed E-state index contributed by atoms with van der Waals surface area (Å²) in [4.78, 5) is 24.4. The first kappa shape index (κ1) is 15.0. The average molecular weight is 308 g/mol. The van der Waals surface area contributed by atoms with Gasteiger partial charge in [0.05, 0.1) is 6.61 Å². The van der Waals surface area contributed by atoms with E-state index in [0.717, 1.165) is 5.39 Å². The highest BCUT2D eigenvalue weighted by Crippen LogP contribution is 2.16. The second kappa shape index (κ2) is 6.48. The van der Waals surface area contributed by atoms with Gasteiger partial charge in [-0.25, -0.2) is 4.79 Å². The molecule has 0 bridgehead atoms. The van der Waals surface area contributed by atoms with Gasteiger partial charge in [0.25, 0.3) is 0 Å². The molecule has 0 radical (unpaired) electrons. The van der Waals surface area contributed by atoms with E-state index in [2.05, 4.69) is 0 Å². The molecule has 3 aromatic rings. The summed E-state index contributed by atoms with van der Waals surface area (Å²) in [7, 11) is 0. The van der Waals surface area contributed by atoms with Crippen molar-refractivity contribution in [3.8, 4) is 5.75 Å². The number of Topliss-reactive ketones (excluding diaryl/α,β-unsaturated/α-hetero) is 1. The molecule has 0 unspecified atom stereocenters. The van der Waals surface area contributed by atoms with Crippen LogP contribution in [0.5, 0.6) is 5.75 Å². The van der Waals surface area contributed by atoms with E-state index in [9.17, 15) is 9.59 Å². The molecule has 23 heavy (non-hydrogen) atoms. The van der Waals surface area contributed by atoms with Crippen molar-refractivity contribution in [1.82, 2.24) is 0 Å². The van der Waals surface area contributed by atoms with Gasteiger partial charge in [-0.2, -0.15) is 0 Å². The topological polar surface area (TPSA) is 56.5 Å². The minimum Gasteiger partial charge on any atom is -0.494 e. The molecule has 3 rings (SSSR count). The molecule has 0 N–H and O–H groups in total. The Morgan fingerprint density at radius 1 is 1.09 bits per heavy atom. The fraction of sp³-hybridized carbons (Fsp3) is 0.158. The molecule has 0 aliphatic carbocycles. The van der Waals surface area contributed by atoms with E-state index < -0.39 is 5.63 Å². The summed E-state index contributed by atoms with van der Waals surface area (Å²) < 4.78 is 10.6. The highest BCUT2D eigenvalue weighted by atomic mass is 16.5. The zero-order chi connectivity index (χ0) is 16.2. The highest BCUT2D eigenvalue weighted by Gasteiger charge is 2.12. The van der Waals surface area contributed by atoms with Gasteiger partial charge < -0.3 is 9.15 Å². The van der Waals surface area contributed by atoms with Crippen molar-refractivity contribution >= 4 is 16.8 Å². The van der Waals surface area contributed by atoms with Crippen molar-refractivity contribution in [1.29, 1.82) is 0 Å². The fourth-order valence-electron chi connectivity index (χ4n) is 2.41. The van der Waals surface area contributed by atoms with E-state index >= 15 is 0 Å². The van der Waals surface area contributed by atoms with E-state index in [4.69, 9.17) is 9.15 Å². The normalized spacial score (nSPS) is 10.7. The molecule has 0 atom stereocenters. The van der Waals surface area contributed by atoms with E-state index in [0.29, 0.717) is 29.1 Å². The maximum absolute atomic E-state index is 12.4. The van der Waals surface area contributed by atoms with Crippen LogP contribution >= 0.6 is 0 Å². The lowest BCUT2D eigenvalue weighted by atomic mass is 10.0. The molecule has 0 saturated carbocycles. The van der Waals surface area contributed by atoms with Gasteiger partial charge in [-0.05, 0) is 43.3 Å². The van der Waals surface area contributed by atoms with Crippen molar-refractivity contribution in [2.75, 3.05) is 6.61 Å². The highest BCUT2D eigenvalue weighted by molar-refractivity contribution is 5.97. The number of ketones is 1. The third-order valence-corrected chi connectivity index (χ3v) is 3.55. The third kappa shape index (κ3) is 3.31. The summed E-state index contributed by atoms with van der Waals surface area (Å²) in [5.74, 6) is 0.588. The van der Waals surface area contributed by atoms with Gasteiger partial charge >= 0.3 is 5.63 Å². The van der Waals surface area contributed by atoms with Crippen LogP contribution in [0.25, 0.3) is 11.0 Å². The van der Waals surface area contributed by atoms with Gasteiger partial charge in [-0.1, -0.05) is 18.2 Å². The second-order valence-corrected chi connectivity index (χ2v) is 5.15. The van der Waals surface area contributed by atoms with Crippen LogP contribution in [0.2, 0.25) is 0 Å². The molecule has 0 aliphatic rings. The predicted molar refractivity (Wildman–Crippen MR) is 88.1 cm³/mol. The van der Waals surface area contributed by atoms with Crippen molar-refractivity contribution in [3.05, 3.63) is 76.1 Å². The molecule has 0 amide bonds. The second-order valence-electron chi connectivity index (χ2n) is 5.15. The number of hydrogen-bond donors (Lipinski definition) is 0. The number of fused-ring (bicyclic) bond motifs is 1. The predicted octanol–water partition coefficient (Wildman–Crippen LogP) is 3.62. The molecule has 4 heteroatoms. The third-order valence-electron chi connectivity index (χ3n) is 3.55. The van der Waals surface area contributed by atoms with Crippen molar-refractivity contribution in [3.63, 3.8) is 0 Å². The summed E-state index contributed by atoms with van der Waals surface area (Å²) in [6, 6.07) is 15.9. The van der Waals surface area contributed by atoms with Crippen LogP contribution in [-0.2, 0) is 6.42 Å². The molecule has 1 aromatic heterocycles. The summed E-state index contributed by atoms with van der Waals surface area (Å²) >= 11 is 0. The Kier molecular flexibility index (Phi) is 4.24. The van der Waals surface area contributed by atoms with Crippen LogP contribution in [0, 0.1) is 0 Å². The van der Waals surface area contributed by atoms with Crippen LogP contribution in [0.3, 0.4) is 0 Å². The molecule has 1 heterocycles. The Morgan fingerprint density at radius 2 is 1.83 bits per heavy atom. The van der Waals surface area contributed by atoms with Gasteiger partial charge in [0.15, 0.2) is 5.78 Å². The van der Waals surface area contributed by atoms with E-state index in [1.54, 1.807) is 42.5 Å². The van der Waals surface area contributed by atoms with Gasteiger partial charge in [0.1, 0.15) is 11.3 Å². The maximum Gasteiger partial charge on any atom is 0.339 e. The molecule has 0 saturated heterocycles. The molecular formula is C19H16O4. The lowest BCUT2D eigenvalue weighted by Gasteiger charge is -2.05. The van der Waals surface area contributed by atoms with Gasteiger partial charge in [0.2, 0.25) is 0 Å². The summed E-state index contributed by atoms with van der Waals surface area (Å²) in [5, 5.41) is 0.807. The lowest BCUT2D eigenvalue weighted by Crippen LogP contribution is -2.13. The quantitative estimate of drug-likeness (QED) is 0.533. The lowest BCUT2D eigenvalue weighted by molar-refractivity contribution is 0.0992. The Labute approximate surface area is 133 Å². The number of carbonyl (C=O) groups is 1. The maximum atomic E-state index is 12.4. The SMILES string of the molecule is CCOc1ccc(C(=O)Cc2cc3ccccc3oc2=O)cc1. The first-order valence-electron chi connectivity index (χ1n) is 7.45. The molecule has 0 aliphatic heterocycles. The monoisotopic (exact) mass is 308 g/mol. The Hall–Kier alpha value is -2.88. The first-order valence-corrected chi connectivity index (χ1v) is 7.45. The van der Waals surface area contributed by atoms with E-state index in [1.807, 2.05) is 19.1 Å². The number of ether oxygens (including phenoxy) is 1. The molecule has 4 nitrogen and oxygen atoms in total. The van der Waals surface area contributed by atoms with Crippen LogP contribution in [-0.4, -0.2) is 12.4 Å². The zero-order valence-corrected chi connectivity index (χ0v) is 12.7. The van der Waals surface area contributed by atoms with Gasteiger partial charge in [0, 0.05) is 22.9 Å². The Balaban J connectivity index is 1.84. The Bertz CT molecular complexity index is 891. The average Bonchev–Trinajstić information content (AvgIpc) is 2.56. The number of benzene rings is 2. The number of rotatable bonds is 5. The number of hydrogen-bond acceptors (Lipinski definition) is 4. The molecule has 116 valence electrons. The molecular weight excluding hydrogens is 292 g/mol. The minimum atomic E-state index is -0.469. The zero-order valence-electron chi connectivity index (χ0n) is 12.7. The molecule has 0 spiro atoms. The number of para-hydroxylation sites is 1. The standard InChI is InChI=1S/C19H16O4/c1-2-22-16-9-7-13(8-10-16)17(20)12-15-11-14-5-3-4-6-18(14)23-19(15)21/h3-11H,2,12H2,1H3. The van der Waals surface area contributed by atoms with Crippen LogP contribution in [0.15, 0.2) is 63.8 Å². The number of carbonyl (C=O) groups excluding carboxylic acids is 1. The van der Waals surface area contributed by atoms with Crippen molar-refractivity contribution in [2.45, 2.75) is 13.3 Å². The van der Waals surface area contributed by atoms with Crippen molar-refractivity contribution in [2.24, 2.45) is 0 Å². The minimum absolute atomic E-state index is 0.0150. The molecule has 2 aromatic carbocycles. The summed E-state index contributed by atoms with van der Waals surface area (Å²) in [6.45, 7) is 2.48. The van der Waals surface area contributed by atoms with Crippen LogP contribution < -0.4 is 10.4 Å². The summed E-state index contributed by atoms with van der Waals surface area (Å²) in [6.07, 6.45) is 0.0150. The van der Waals surface area contributed by atoms with Crippen LogP contribution in [0.1, 0.15) is 22.8 Å². The summed E-state index contributed by atoms with van der Waals surface area (Å²) in [5.41, 5.74) is 0.960. The largest absolute Gasteiger partial charge is 0.494 e. The van der Waals surface area contributed by atoms with Gasteiger partial charge in [-0.15, -0.1) is 0 Å². The van der Waals surface area contributed by atoms with E-state index in [1.165, 1.54) is 0 Å².